The molecule has 1 fully saturated rings. The SMILES string of the molecule is Cc1noc(C)c1CSc1ncccc1C(=O)N1CCN(C(=O)c2ccccc2)CC1. The smallest absolute Gasteiger partial charge is 0.256 e. The molecule has 3 heterocycles. The van der Waals surface area contributed by atoms with Crippen LogP contribution >= 0.6 is 11.8 Å². The molecule has 2 aromatic heterocycles. The highest BCUT2D eigenvalue weighted by atomic mass is 32.2. The van der Waals surface area contributed by atoms with E-state index in [-0.39, 0.29) is 11.8 Å². The van der Waals surface area contributed by atoms with E-state index < -0.39 is 0 Å². The molecule has 31 heavy (non-hydrogen) atoms. The molecule has 8 heteroatoms. The maximum atomic E-state index is 13.2. The van der Waals surface area contributed by atoms with E-state index in [9.17, 15) is 9.59 Å². The zero-order valence-corrected chi connectivity index (χ0v) is 18.4. The topological polar surface area (TPSA) is 79.5 Å². The van der Waals surface area contributed by atoms with Gasteiger partial charge in [-0.15, -0.1) is 11.8 Å². The summed E-state index contributed by atoms with van der Waals surface area (Å²) < 4.78 is 5.23. The van der Waals surface area contributed by atoms with E-state index in [4.69, 9.17) is 4.52 Å². The second-order valence-electron chi connectivity index (χ2n) is 7.40. The van der Waals surface area contributed by atoms with Crippen LogP contribution < -0.4 is 0 Å². The number of hydrogen-bond acceptors (Lipinski definition) is 6. The number of rotatable bonds is 5. The van der Waals surface area contributed by atoms with Crippen molar-refractivity contribution in [3.8, 4) is 0 Å². The molecule has 1 aliphatic rings. The van der Waals surface area contributed by atoms with Gasteiger partial charge in [-0.05, 0) is 38.1 Å². The summed E-state index contributed by atoms with van der Waals surface area (Å²) in [5, 5.41) is 4.68. The number of hydrogen-bond donors (Lipinski definition) is 0. The Labute approximate surface area is 185 Å². The summed E-state index contributed by atoms with van der Waals surface area (Å²) in [7, 11) is 0. The lowest BCUT2D eigenvalue weighted by Gasteiger charge is -2.35. The predicted octanol–water partition coefficient (Wildman–Crippen LogP) is 3.58. The molecule has 0 bridgehead atoms. The van der Waals surface area contributed by atoms with Gasteiger partial charge in [-0.2, -0.15) is 0 Å². The minimum Gasteiger partial charge on any atom is -0.361 e. The zero-order valence-electron chi connectivity index (χ0n) is 17.6. The van der Waals surface area contributed by atoms with E-state index in [2.05, 4.69) is 10.1 Å². The monoisotopic (exact) mass is 436 g/mol. The number of pyridine rings is 1. The van der Waals surface area contributed by atoms with Gasteiger partial charge < -0.3 is 14.3 Å². The number of aromatic nitrogens is 2. The highest BCUT2D eigenvalue weighted by Crippen LogP contribution is 2.28. The van der Waals surface area contributed by atoms with Crippen LogP contribution in [0, 0.1) is 13.8 Å². The molecule has 0 spiro atoms. The first kappa shape index (κ1) is 21.1. The third-order valence-corrected chi connectivity index (χ3v) is 6.44. The number of nitrogens with zero attached hydrogens (tertiary/aromatic N) is 4. The maximum absolute atomic E-state index is 13.2. The fourth-order valence-corrected chi connectivity index (χ4v) is 4.70. The average molecular weight is 437 g/mol. The number of carbonyl (C=O) groups excluding carboxylic acids is 2. The number of piperazine rings is 1. The Hall–Kier alpha value is -3.13. The Morgan fingerprint density at radius 2 is 1.65 bits per heavy atom. The van der Waals surface area contributed by atoms with Gasteiger partial charge in [-0.1, -0.05) is 23.4 Å². The molecule has 0 radical (unpaired) electrons. The lowest BCUT2D eigenvalue weighted by atomic mass is 10.1. The summed E-state index contributed by atoms with van der Waals surface area (Å²) >= 11 is 1.51. The third-order valence-electron chi connectivity index (χ3n) is 5.41. The van der Waals surface area contributed by atoms with Crippen molar-refractivity contribution < 1.29 is 14.1 Å². The second-order valence-corrected chi connectivity index (χ2v) is 8.36. The highest BCUT2D eigenvalue weighted by Gasteiger charge is 2.27. The van der Waals surface area contributed by atoms with Gasteiger partial charge in [0.25, 0.3) is 11.8 Å². The summed E-state index contributed by atoms with van der Waals surface area (Å²) in [5.74, 6) is 1.37. The molecule has 7 nitrogen and oxygen atoms in total. The number of thioether (sulfide) groups is 1. The van der Waals surface area contributed by atoms with Crippen molar-refractivity contribution in [1.82, 2.24) is 19.9 Å². The van der Waals surface area contributed by atoms with E-state index in [1.54, 1.807) is 22.1 Å². The van der Waals surface area contributed by atoms with E-state index in [1.165, 1.54) is 11.8 Å². The number of aryl methyl sites for hydroxylation is 2. The van der Waals surface area contributed by atoms with Crippen LogP contribution in [0.15, 0.2) is 58.2 Å². The van der Waals surface area contributed by atoms with Gasteiger partial charge in [0.2, 0.25) is 0 Å². The van der Waals surface area contributed by atoms with Gasteiger partial charge in [0.15, 0.2) is 0 Å². The Morgan fingerprint density at radius 3 is 2.29 bits per heavy atom. The number of amides is 2. The molecular formula is C23H24N4O3S. The summed E-state index contributed by atoms with van der Waals surface area (Å²) in [6.45, 7) is 5.83. The molecule has 3 aromatic rings. The van der Waals surface area contributed by atoms with E-state index in [0.29, 0.717) is 48.1 Å². The molecule has 160 valence electrons. The van der Waals surface area contributed by atoms with Crippen LogP contribution in [0.1, 0.15) is 37.7 Å². The van der Waals surface area contributed by atoms with Crippen molar-refractivity contribution >= 4 is 23.6 Å². The lowest BCUT2D eigenvalue weighted by molar-refractivity contribution is 0.0533. The standard InChI is InChI=1S/C23H24N4O3S/c1-16-20(17(2)30-25-16)15-31-21-19(9-6-10-24-21)23(29)27-13-11-26(12-14-27)22(28)18-7-4-3-5-8-18/h3-10H,11-15H2,1-2H3. The summed E-state index contributed by atoms with van der Waals surface area (Å²) in [5.41, 5.74) is 3.14. The molecule has 0 aliphatic carbocycles. The second kappa shape index (κ2) is 9.34. The van der Waals surface area contributed by atoms with Crippen molar-refractivity contribution in [2.75, 3.05) is 26.2 Å². The minimum absolute atomic E-state index is 0.00443. The van der Waals surface area contributed by atoms with Crippen molar-refractivity contribution in [3.63, 3.8) is 0 Å². The first-order valence-electron chi connectivity index (χ1n) is 10.2. The van der Waals surface area contributed by atoms with Crippen LogP contribution in [0.3, 0.4) is 0 Å². The van der Waals surface area contributed by atoms with Crippen LogP contribution in [0.2, 0.25) is 0 Å². The van der Waals surface area contributed by atoms with Crippen LogP contribution in [-0.4, -0.2) is 57.9 Å². The Balaban J connectivity index is 1.41. The molecule has 1 saturated heterocycles. The first-order valence-corrected chi connectivity index (χ1v) is 11.2. The zero-order chi connectivity index (χ0) is 21.8. The van der Waals surface area contributed by atoms with Gasteiger partial charge >= 0.3 is 0 Å². The fourth-order valence-electron chi connectivity index (χ4n) is 3.56. The van der Waals surface area contributed by atoms with Crippen LogP contribution in [0.5, 0.6) is 0 Å². The van der Waals surface area contributed by atoms with Crippen LogP contribution in [0.4, 0.5) is 0 Å². The normalized spacial score (nSPS) is 14.0. The van der Waals surface area contributed by atoms with Crippen molar-refractivity contribution in [2.24, 2.45) is 0 Å². The molecule has 0 saturated carbocycles. The molecule has 0 atom stereocenters. The average Bonchev–Trinajstić information content (AvgIpc) is 3.14. The summed E-state index contributed by atoms with van der Waals surface area (Å²) in [4.78, 5) is 33.9. The third kappa shape index (κ3) is 4.64. The number of benzene rings is 1. The molecule has 0 N–H and O–H groups in total. The van der Waals surface area contributed by atoms with Gasteiger partial charge in [-0.3, -0.25) is 9.59 Å². The van der Waals surface area contributed by atoms with Gasteiger partial charge in [-0.25, -0.2) is 4.98 Å². The highest BCUT2D eigenvalue weighted by molar-refractivity contribution is 7.98. The van der Waals surface area contributed by atoms with Gasteiger partial charge in [0, 0.05) is 49.3 Å². The molecule has 0 unspecified atom stereocenters. The quantitative estimate of drug-likeness (QED) is 0.569. The van der Waals surface area contributed by atoms with E-state index >= 15 is 0 Å². The van der Waals surface area contributed by atoms with Crippen LogP contribution in [-0.2, 0) is 5.75 Å². The summed E-state index contributed by atoms with van der Waals surface area (Å²) in [6, 6.07) is 12.8. The largest absolute Gasteiger partial charge is 0.361 e. The van der Waals surface area contributed by atoms with Gasteiger partial charge in [0.1, 0.15) is 10.8 Å². The van der Waals surface area contributed by atoms with Crippen molar-refractivity contribution in [2.45, 2.75) is 24.6 Å². The van der Waals surface area contributed by atoms with Crippen LogP contribution in [0.25, 0.3) is 0 Å². The Bertz CT molecular complexity index is 1060. The lowest BCUT2D eigenvalue weighted by Crippen LogP contribution is -2.50. The van der Waals surface area contributed by atoms with E-state index in [1.807, 2.05) is 50.2 Å². The maximum Gasteiger partial charge on any atom is 0.256 e. The van der Waals surface area contributed by atoms with Crippen molar-refractivity contribution in [3.05, 3.63) is 76.8 Å². The Morgan fingerprint density at radius 1 is 0.968 bits per heavy atom. The van der Waals surface area contributed by atoms with E-state index in [0.717, 1.165) is 17.0 Å². The molecular weight excluding hydrogens is 412 g/mol. The molecule has 4 rings (SSSR count). The molecule has 2 amide bonds. The fraction of sp³-hybridized carbons (Fsp3) is 0.304. The molecule has 1 aliphatic heterocycles. The molecule has 1 aromatic carbocycles. The van der Waals surface area contributed by atoms with Crippen molar-refractivity contribution in [1.29, 1.82) is 0 Å². The summed E-state index contributed by atoms with van der Waals surface area (Å²) in [6.07, 6.45) is 1.70. The van der Waals surface area contributed by atoms with Gasteiger partial charge in [0.05, 0.1) is 11.3 Å². The first-order chi connectivity index (χ1) is 15.0. The Kier molecular flexibility index (Phi) is 6.36. The number of carbonyl (C=O) groups is 2. The minimum atomic E-state index is -0.0545. The predicted molar refractivity (Wildman–Crippen MR) is 118 cm³/mol.